The van der Waals surface area contributed by atoms with Gasteiger partial charge in [0.1, 0.15) is 6.04 Å². The summed E-state index contributed by atoms with van der Waals surface area (Å²) in [6, 6.07) is -0.128. The molecule has 0 unspecified atom stereocenters. The van der Waals surface area contributed by atoms with Crippen LogP contribution in [0.4, 0.5) is 5.95 Å². The number of nitrogens with two attached hydrogens (primary N) is 1. The molecule has 3 heterocycles. The maximum absolute atomic E-state index is 13.4. The summed E-state index contributed by atoms with van der Waals surface area (Å²) in [6.45, 7) is 23.4. The van der Waals surface area contributed by atoms with Crippen molar-refractivity contribution >= 4 is 11.9 Å². The molecule has 3 saturated carbocycles. The first-order chi connectivity index (χ1) is 23.1. The zero-order valence-corrected chi connectivity index (χ0v) is 31.5. The normalized spacial score (nSPS) is 44.8. The summed E-state index contributed by atoms with van der Waals surface area (Å²) in [6.07, 6.45) is 8.10. The third-order valence-electron chi connectivity index (χ3n) is 16.1. The van der Waals surface area contributed by atoms with E-state index in [-0.39, 0.29) is 45.2 Å². The molecular weight excluding hydrogens is 618 g/mol. The Morgan fingerprint density at radius 3 is 2.47 bits per heavy atom. The van der Waals surface area contributed by atoms with Gasteiger partial charge in [-0.25, -0.2) is 0 Å². The van der Waals surface area contributed by atoms with Crippen LogP contribution in [0.2, 0.25) is 0 Å². The van der Waals surface area contributed by atoms with Gasteiger partial charge in [0.05, 0.1) is 31.8 Å². The summed E-state index contributed by atoms with van der Waals surface area (Å²) in [7, 11) is 2.19. The summed E-state index contributed by atoms with van der Waals surface area (Å²) in [4.78, 5) is 20.1. The first-order valence-corrected chi connectivity index (χ1v) is 19.2. The predicted octanol–water partition coefficient (Wildman–Crippen LogP) is 5.02. The number of aromatic nitrogens is 4. The molecule has 3 N–H and O–H groups in total. The second-order valence-electron chi connectivity index (χ2n) is 18.5. The number of anilines is 1. The van der Waals surface area contributed by atoms with Gasteiger partial charge in [-0.2, -0.15) is 4.80 Å². The molecule has 4 aliphatic carbocycles. The molecule has 5 fully saturated rings. The fraction of sp³-hybridized carbons (Fsp3) is 0.895. The van der Waals surface area contributed by atoms with Crippen LogP contribution in [-0.2, 0) is 14.3 Å². The van der Waals surface area contributed by atoms with Crippen molar-refractivity contribution in [2.45, 2.75) is 99.1 Å². The number of piperazine rings is 1. The molecule has 2 aliphatic heterocycles. The molecule has 1 aromatic heterocycles. The van der Waals surface area contributed by atoms with Crippen LogP contribution in [0.25, 0.3) is 0 Å². The lowest BCUT2D eigenvalue weighted by molar-refractivity contribution is -0.251. The molecule has 0 radical (unpaired) electrons. The highest BCUT2D eigenvalue weighted by atomic mass is 16.5. The minimum absolute atomic E-state index is 0.128. The van der Waals surface area contributed by atoms with Gasteiger partial charge in [0.2, 0.25) is 0 Å². The van der Waals surface area contributed by atoms with E-state index < -0.39 is 11.9 Å². The van der Waals surface area contributed by atoms with Gasteiger partial charge in [0, 0.05) is 43.6 Å². The van der Waals surface area contributed by atoms with Crippen LogP contribution in [0.5, 0.6) is 0 Å². The number of carbonyl (C=O) groups is 1. The van der Waals surface area contributed by atoms with E-state index in [9.17, 15) is 9.90 Å². The fourth-order valence-corrected chi connectivity index (χ4v) is 12.9. The zero-order valence-electron chi connectivity index (χ0n) is 31.5. The van der Waals surface area contributed by atoms with Crippen molar-refractivity contribution in [2.24, 2.45) is 56.7 Å². The first kappa shape index (κ1) is 35.3. The average Bonchev–Trinajstić information content (AvgIpc) is 3.48. The molecule has 0 amide bonds. The SMILES string of the molecule is CC(C)[C@@H](C)[C@@]1(C)CC[C@]2(C)[C@H]3CC[C@@H]4[C@@]5(COC[C@]4(C)[C@@H](OCCN4CCN(C)CC4)[C@H](n4nnc(N)n4)C5)C3=CC[C@@]2(C)[C@@H]1C(=O)O. The van der Waals surface area contributed by atoms with Gasteiger partial charge < -0.3 is 25.2 Å². The molecule has 11 heteroatoms. The van der Waals surface area contributed by atoms with Crippen LogP contribution in [-0.4, -0.2) is 107 Å². The Kier molecular flexibility index (Phi) is 8.84. The number of carboxylic acids is 1. The summed E-state index contributed by atoms with van der Waals surface area (Å²) in [5.74, 6) is 0.595. The minimum atomic E-state index is -0.621. The van der Waals surface area contributed by atoms with E-state index in [1.54, 1.807) is 4.80 Å². The van der Waals surface area contributed by atoms with Crippen molar-refractivity contribution in [3.05, 3.63) is 11.6 Å². The van der Waals surface area contributed by atoms with Crippen LogP contribution in [0.1, 0.15) is 93.0 Å². The Bertz CT molecular complexity index is 1440. The van der Waals surface area contributed by atoms with Gasteiger partial charge in [-0.1, -0.05) is 65.2 Å². The molecule has 2 bridgehead atoms. The maximum atomic E-state index is 13.4. The zero-order chi connectivity index (χ0) is 35.1. The molecule has 2 saturated heterocycles. The second-order valence-corrected chi connectivity index (χ2v) is 18.5. The first-order valence-electron chi connectivity index (χ1n) is 19.2. The summed E-state index contributed by atoms with van der Waals surface area (Å²) < 4.78 is 13.7. The highest BCUT2D eigenvalue weighted by molar-refractivity contribution is 5.73. The molecule has 274 valence electrons. The Morgan fingerprint density at radius 1 is 1.08 bits per heavy atom. The number of hydrogen-bond donors (Lipinski definition) is 2. The highest BCUT2D eigenvalue weighted by Crippen LogP contribution is 2.75. The number of likely N-dealkylation sites (N-methyl/N-ethyl adjacent to an activating group) is 1. The number of allylic oxidation sites excluding steroid dienone is 1. The Morgan fingerprint density at radius 2 is 1.82 bits per heavy atom. The molecule has 7 rings (SSSR count). The Balaban J connectivity index is 1.25. The second kappa shape index (κ2) is 12.3. The number of nitrogen functional groups attached to an aromatic ring is 1. The van der Waals surface area contributed by atoms with Gasteiger partial charge in [0.15, 0.2) is 0 Å². The molecule has 11 atom stereocenters. The third-order valence-corrected chi connectivity index (χ3v) is 16.1. The maximum Gasteiger partial charge on any atom is 0.307 e. The van der Waals surface area contributed by atoms with E-state index >= 15 is 0 Å². The molecule has 6 aliphatic rings. The Hall–Kier alpha value is -2.08. The van der Waals surface area contributed by atoms with E-state index in [4.69, 9.17) is 15.2 Å². The number of aliphatic carboxylic acids is 1. The molecule has 11 nitrogen and oxygen atoms in total. The number of carboxylic acid groups (broad SMARTS) is 1. The van der Waals surface area contributed by atoms with E-state index in [1.165, 1.54) is 5.57 Å². The van der Waals surface area contributed by atoms with Gasteiger partial charge in [0.25, 0.3) is 5.95 Å². The largest absolute Gasteiger partial charge is 0.481 e. The van der Waals surface area contributed by atoms with Gasteiger partial charge >= 0.3 is 5.97 Å². The van der Waals surface area contributed by atoms with Crippen LogP contribution in [0, 0.1) is 56.7 Å². The lowest BCUT2D eigenvalue weighted by atomic mass is 9.34. The molecule has 0 aromatic carbocycles. The van der Waals surface area contributed by atoms with Crippen LogP contribution in [0.3, 0.4) is 0 Å². The van der Waals surface area contributed by atoms with E-state index in [0.717, 1.165) is 71.2 Å². The molecule has 1 aromatic rings. The number of hydrogen-bond acceptors (Lipinski definition) is 9. The number of rotatable bonds is 8. The monoisotopic (exact) mass is 681 g/mol. The van der Waals surface area contributed by atoms with Gasteiger partial charge in [-0.3, -0.25) is 9.69 Å². The van der Waals surface area contributed by atoms with Crippen molar-refractivity contribution < 1.29 is 19.4 Å². The smallest absolute Gasteiger partial charge is 0.307 e. The minimum Gasteiger partial charge on any atom is -0.481 e. The number of tetrazole rings is 1. The van der Waals surface area contributed by atoms with E-state index in [0.29, 0.717) is 43.5 Å². The predicted molar refractivity (Wildman–Crippen MR) is 189 cm³/mol. The summed E-state index contributed by atoms with van der Waals surface area (Å²) in [5, 5.41) is 24.3. The number of ether oxygens (including phenoxy) is 2. The van der Waals surface area contributed by atoms with E-state index in [1.807, 2.05) is 0 Å². The lowest BCUT2D eigenvalue weighted by Crippen LogP contribution is -2.69. The van der Waals surface area contributed by atoms with Crippen molar-refractivity contribution in [1.29, 1.82) is 0 Å². The van der Waals surface area contributed by atoms with Gasteiger partial charge in [-0.15, -0.1) is 5.10 Å². The molecule has 0 spiro atoms. The number of nitrogens with zero attached hydrogens (tertiary/aromatic N) is 6. The van der Waals surface area contributed by atoms with Crippen LogP contribution >= 0.6 is 0 Å². The van der Waals surface area contributed by atoms with Crippen LogP contribution in [0.15, 0.2) is 11.6 Å². The topological polar surface area (TPSA) is 132 Å². The van der Waals surface area contributed by atoms with Crippen molar-refractivity contribution in [1.82, 2.24) is 30.0 Å². The highest BCUT2D eigenvalue weighted by Gasteiger charge is 2.72. The van der Waals surface area contributed by atoms with Gasteiger partial charge in [-0.05, 0) is 90.7 Å². The molecular formula is C38H63N7O4. The lowest BCUT2D eigenvalue weighted by Gasteiger charge is -2.71. The van der Waals surface area contributed by atoms with Crippen molar-refractivity contribution in [3.63, 3.8) is 0 Å². The fourth-order valence-electron chi connectivity index (χ4n) is 12.9. The summed E-state index contributed by atoms with van der Waals surface area (Å²) >= 11 is 0. The van der Waals surface area contributed by atoms with Crippen LogP contribution < -0.4 is 5.73 Å². The molecule has 49 heavy (non-hydrogen) atoms. The number of fused-ring (bicyclic) bond motifs is 3. The van der Waals surface area contributed by atoms with E-state index in [2.05, 4.69) is 86.8 Å². The summed E-state index contributed by atoms with van der Waals surface area (Å²) in [5.41, 5.74) is 6.40. The average molecular weight is 682 g/mol. The van der Waals surface area contributed by atoms with Crippen molar-refractivity contribution in [3.8, 4) is 0 Å². The standard InChI is InChI=1S/C38H63N7O4/c1-24(2)25(3)34(4)13-14-36(6)26-9-10-29-35(5)22-48-23-38(29,27(26)11-12-37(36,7)30(34)32(46)47)21-28(45-41-33(39)40-42-45)31(35)49-20-19-44-17-15-43(8)16-18-44/h11,24-26,28-31H,9-10,12-23H2,1-8H3,(H2,39,41)(H,46,47)/t25-,26+,28-,29+,30-,31+,34-,35+,36-,37+,38+/m1/s1. The third kappa shape index (κ3) is 5.17. The quantitative estimate of drug-likeness (QED) is 0.361. The van der Waals surface area contributed by atoms with Crippen molar-refractivity contribution in [2.75, 3.05) is 65.3 Å². The Labute approximate surface area is 293 Å².